The normalized spacial score (nSPS) is 13.4. The van der Waals surface area contributed by atoms with E-state index in [1.807, 2.05) is 62.6 Å². The largest absolute Gasteiger partial charge is 0.373 e. The molecule has 9 heteroatoms. The van der Waals surface area contributed by atoms with Crippen LogP contribution in [-0.2, 0) is 0 Å². The van der Waals surface area contributed by atoms with Crippen LogP contribution in [0.3, 0.4) is 0 Å². The molecule has 2 N–H and O–H groups in total. The fourth-order valence-corrected chi connectivity index (χ4v) is 4.67. The van der Waals surface area contributed by atoms with Crippen molar-refractivity contribution in [1.29, 1.82) is 0 Å². The number of benzene rings is 2. The van der Waals surface area contributed by atoms with Gasteiger partial charge in [-0.1, -0.05) is 19.1 Å². The number of rotatable bonds is 6. The van der Waals surface area contributed by atoms with Crippen LogP contribution in [0.15, 0.2) is 73.1 Å². The molecule has 2 aromatic carbocycles. The lowest BCUT2D eigenvalue weighted by atomic mass is 10.2. The van der Waals surface area contributed by atoms with Gasteiger partial charge in [0.25, 0.3) is 0 Å². The maximum Gasteiger partial charge on any atom is 0.325 e. The third kappa shape index (κ3) is 6.56. The van der Waals surface area contributed by atoms with E-state index in [4.69, 9.17) is 0 Å². The predicted molar refractivity (Wildman–Crippen MR) is 160 cm³/mol. The number of aromatic nitrogens is 2. The van der Waals surface area contributed by atoms with Crippen LogP contribution in [-0.4, -0.2) is 80.6 Å². The minimum absolute atomic E-state index is 0.145. The Morgan fingerprint density at radius 2 is 1.77 bits per heavy atom. The molecule has 0 bridgehead atoms. The SMILES string of the molecule is CCN1CCN(c2cccc(C=O)c2)CC1.CNC(=O)n1ccc2cc(N(C)c3ccnc(NC)c3)ccc21. The molecule has 2 aromatic heterocycles. The summed E-state index contributed by atoms with van der Waals surface area (Å²) in [7, 11) is 5.48. The van der Waals surface area contributed by atoms with Crippen LogP contribution in [0.4, 0.5) is 27.7 Å². The van der Waals surface area contributed by atoms with Crippen LogP contribution in [0.2, 0.25) is 0 Å². The number of aldehydes is 1. The standard InChI is InChI=1S/C17H19N5O.C13H18N2O/c1-18-16-11-14(6-8-20-16)21(3)13-4-5-15-12(10-13)7-9-22(15)17(23)19-2;1-2-14-6-8-15(9-7-14)13-5-3-4-12(10-13)11-16/h4-11H,1-3H3,(H,18,20)(H,19,23);3-5,10-11H,2,6-9H2,1H3. The number of likely N-dealkylation sites (N-methyl/N-ethyl adjacent to an activating group) is 1. The van der Waals surface area contributed by atoms with Crippen LogP contribution in [0.5, 0.6) is 0 Å². The highest BCUT2D eigenvalue weighted by molar-refractivity contribution is 5.93. The number of piperazine rings is 1. The molecule has 204 valence electrons. The van der Waals surface area contributed by atoms with Crippen molar-refractivity contribution in [1.82, 2.24) is 19.8 Å². The molecule has 0 spiro atoms. The topological polar surface area (TPSA) is 85.7 Å². The fraction of sp³-hybridized carbons (Fsp3) is 0.300. The maximum absolute atomic E-state index is 11.8. The van der Waals surface area contributed by atoms with E-state index in [1.54, 1.807) is 24.0 Å². The average molecular weight is 528 g/mol. The third-order valence-corrected chi connectivity index (χ3v) is 7.07. The van der Waals surface area contributed by atoms with E-state index >= 15 is 0 Å². The summed E-state index contributed by atoms with van der Waals surface area (Å²) in [6, 6.07) is 19.6. The molecule has 1 aliphatic heterocycles. The molecule has 1 saturated heterocycles. The summed E-state index contributed by atoms with van der Waals surface area (Å²) in [6.07, 6.45) is 4.46. The predicted octanol–water partition coefficient (Wildman–Crippen LogP) is 4.67. The Balaban J connectivity index is 0.000000193. The van der Waals surface area contributed by atoms with Crippen molar-refractivity contribution in [2.45, 2.75) is 6.92 Å². The second-order valence-corrected chi connectivity index (χ2v) is 9.33. The number of fused-ring (bicyclic) bond motifs is 1. The molecule has 0 atom stereocenters. The van der Waals surface area contributed by atoms with E-state index in [9.17, 15) is 9.59 Å². The summed E-state index contributed by atoms with van der Waals surface area (Å²) in [5.41, 5.74) is 4.89. The van der Waals surface area contributed by atoms with Crippen LogP contribution >= 0.6 is 0 Å². The first kappa shape index (κ1) is 27.7. The molecule has 0 saturated carbocycles. The van der Waals surface area contributed by atoms with Crippen molar-refractivity contribution < 1.29 is 9.59 Å². The molecule has 9 nitrogen and oxygen atoms in total. The first-order valence-electron chi connectivity index (χ1n) is 13.2. The molecule has 1 aliphatic rings. The molecule has 5 rings (SSSR count). The van der Waals surface area contributed by atoms with Gasteiger partial charge in [-0.25, -0.2) is 9.78 Å². The highest BCUT2D eigenvalue weighted by atomic mass is 16.2. The maximum atomic E-state index is 11.8. The Morgan fingerprint density at radius 1 is 1.00 bits per heavy atom. The quantitative estimate of drug-likeness (QED) is 0.352. The number of amides is 1. The van der Waals surface area contributed by atoms with Crippen molar-refractivity contribution in [2.75, 3.05) is 69.0 Å². The Bertz CT molecular complexity index is 1410. The first-order chi connectivity index (χ1) is 19.0. The van der Waals surface area contributed by atoms with Crippen LogP contribution in [0, 0.1) is 0 Å². The Kier molecular flexibility index (Phi) is 9.17. The van der Waals surface area contributed by atoms with Gasteiger partial charge in [-0.15, -0.1) is 0 Å². The van der Waals surface area contributed by atoms with Gasteiger partial charge in [-0.3, -0.25) is 9.36 Å². The van der Waals surface area contributed by atoms with Crippen molar-refractivity contribution in [3.05, 3.63) is 78.6 Å². The molecule has 0 radical (unpaired) electrons. The Hall–Kier alpha value is -4.37. The second-order valence-electron chi connectivity index (χ2n) is 9.33. The number of nitrogens with one attached hydrogen (secondary N) is 2. The van der Waals surface area contributed by atoms with E-state index in [-0.39, 0.29) is 6.03 Å². The lowest BCUT2D eigenvalue weighted by Crippen LogP contribution is -2.46. The van der Waals surface area contributed by atoms with Crippen molar-refractivity contribution in [3.63, 3.8) is 0 Å². The summed E-state index contributed by atoms with van der Waals surface area (Å²) < 4.78 is 1.60. The zero-order chi connectivity index (χ0) is 27.8. The van der Waals surface area contributed by atoms with E-state index < -0.39 is 0 Å². The Labute approximate surface area is 230 Å². The lowest BCUT2D eigenvalue weighted by molar-refractivity contribution is 0.112. The van der Waals surface area contributed by atoms with Gasteiger partial charge in [-0.2, -0.15) is 0 Å². The zero-order valence-electron chi connectivity index (χ0n) is 23.1. The number of hydrogen-bond donors (Lipinski definition) is 2. The molecule has 1 fully saturated rings. The number of anilines is 4. The molecular formula is C30H37N7O2. The summed E-state index contributed by atoms with van der Waals surface area (Å²) in [5, 5.41) is 6.69. The van der Waals surface area contributed by atoms with Gasteiger partial charge in [0.15, 0.2) is 0 Å². The number of pyridine rings is 1. The Morgan fingerprint density at radius 3 is 2.46 bits per heavy atom. The summed E-state index contributed by atoms with van der Waals surface area (Å²) in [6.45, 7) is 7.65. The monoisotopic (exact) mass is 527 g/mol. The molecule has 1 amide bonds. The average Bonchev–Trinajstić information content (AvgIpc) is 3.44. The van der Waals surface area contributed by atoms with Gasteiger partial charge in [0.05, 0.1) is 5.52 Å². The minimum Gasteiger partial charge on any atom is -0.373 e. The lowest BCUT2D eigenvalue weighted by Gasteiger charge is -2.35. The number of carbonyl (C=O) groups excluding carboxylic acids is 2. The van der Waals surface area contributed by atoms with E-state index in [0.29, 0.717) is 0 Å². The van der Waals surface area contributed by atoms with Crippen molar-refractivity contribution in [2.24, 2.45) is 0 Å². The third-order valence-electron chi connectivity index (χ3n) is 7.07. The summed E-state index contributed by atoms with van der Waals surface area (Å²) in [4.78, 5) is 33.6. The van der Waals surface area contributed by atoms with Crippen LogP contribution in [0.1, 0.15) is 17.3 Å². The van der Waals surface area contributed by atoms with Gasteiger partial charge >= 0.3 is 6.03 Å². The van der Waals surface area contributed by atoms with Gasteiger partial charge in [-0.05, 0) is 49.0 Å². The summed E-state index contributed by atoms with van der Waals surface area (Å²) >= 11 is 0. The van der Waals surface area contributed by atoms with Gasteiger partial charge in [0.2, 0.25) is 0 Å². The first-order valence-corrected chi connectivity index (χ1v) is 13.2. The van der Waals surface area contributed by atoms with Gasteiger partial charge in [0.1, 0.15) is 12.1 Å². The fourth-order valence-electron chi connectivity index (χ4n) is 4.67. The van der Waals surface area contributed by atoms with E-state index in [1.165, 1.54) is 5.69 Å². The number of nitrogens with zero attached hydrogens (tertiary/aromatic N) is 5. The van der Waals surface area contributed by atoms with Gasteiger partial charge in [0, 0.05) is 93.8 Å². The second kappa shape index (κ2) is 12.9. The highest BCUT2D eigenvalue weighted by Crippen LogP contribution is 2.28. The van der Waals surface area contributed by atoms with Crippen LogP contribution < -0.4 is 20.4 Å². The minimum atomic E-state index is -0.145. The smallest absolute Gasteiger partial charge is 0.325 e. The van der Waals surface area contributed by atoms with Crippen molar-refractivity contribution >= 4 is 46.1 Å². The van der Waals surface area contributed by atoms with E-state index in [2.05, 4.69) is 49.4 Å². The molecule has 0 aliphatic carbocycles. The summed E-state index contributed by atoms with van der Waals surface area (Å²) in [5.74, 6) is 0.821. The van der Waals surface area contributed by atoms with Gasteiger partial charge < -0.3 is 25.3 Å². The molecule has 39 heavy (non-hydrogen) atoms. The molecule has 3 heterocycles. The van der Waals surface area contributed by atoms with E-state index in [0.717, 1.165) is 72.7 Å². The molecule has 0 unspecified atom stereocenters. The van der Waals surface area contributed by atoms with Crippen LogP contribution in [0.25, 0.3) is 10.9 Å². The van der Waals surface area contributed by atoms with Crippen molar-refractivity contribution in [3.8, 4) is 0 Å². The number of hydrogen-bond acceptors (Lipinski definition) is 7. The zero-order valence-corrected chi connectivity index (χ0v) is 23.1. The molecular weight excluding hydrogens is 490 g/mol. The highest BCUT2D eigenvalue weighted by Gasteiger charge is 2.15. The molecule has 4 aromatic rings. The number of carbonyl (C=O) groups is 2.